The second-order valence-electron chi connectivity index (χ2n) is 5.52. The standard InChI is InChI=1S/C17H27NO5/c1-15(19)14-18-6-8-20-10-12-22-16-4-2-3-5-17(16)23-13-11-21-9-7-18/h2-5,15,19H,6-14H2,1H3/t15-/m0/s1. The maximum Gasteiger partial charge on any atom is 0.161 e. The van der Waals surface area contributed by atoms with Gasteiger partial charge in [0.15, 0.2) is 11.5 Å². The van der Waals surface area contributed by atoms with Gasteiger partial charge in [-0.05, 0) is 19.1 Å². The van der Waals surface area contributed by atoms with Gasteiger partial charge in [0.05, 0.1) is 32.5 Å². The van der Waals surface area contributed by atoms with E-state index in [1.165, 1.54) is 0 Å². The number of rotatable bonds is 2. The van der Waals surface area contributed by atoms with Gasteiger partial charge in [0.1, 0.15) is 13.2 Å². The lowest BCUT2D eigenvalue weighted by molar-refractivity contribution is 0.0431. The fourth-order valence-electron chi connectivity index (χ4n) is 2.37. The molecule has 2 rings (SSSR count). The first-order valence-corrected chi connectivity index (χ1v) is 8.16. The topological polar surface area (TPSA) is 60.4 Å². The Balaban J connectivity index is 1.86. The second-order valence-corrected chi connectivity index (χ2v) is 5.52. The van der Waals surface area contributed by atoms with Crippen molar-refractivity contribution in [3.8, 4) is 11.5 Å². The van der Waals surface area contributed by atoms with Crippen molar-refractivity contribution >= 4 is 0 Å². The maximum absolute atomic E-state index is 9.55. The number of benzene rings is 1. The number of fused-ring (bicyclic) bond motifs is 1. The number of aliphatic hydroxyl groups is 1. The lowest BCUT2D eigenvalue weighted by atomic mass is 10.3. The van der Waals surface area contributed by atoms with Crippen molar-refractivity contribution in [3.05, 3.63) is 24.3 Å². The van der Waals surface area contributed by atoms with Crippen LogP contribution in [0.3, 0.4) is 0 Å². The Bertz CT molecular complexity index is 406. The highest BCUT2D eigenvalue weighted by Crippen LogP contribution is 2.26. The highest BCUT2D eigenvalue weighted by Gasteiger charge is 2.09. The van der Waals surface area contributed by atoms with Crippen molar-refractivity contribution in [1.82, 2.24) is 4.90 Å². The molecule has 0 bridgehead atoms. The van der Waals surface area contributed by atoms with Crippen LogP contribution in [-0.2, 0) is 9.47 Å². The molecule has 1 heterocycles. The third-order valence-electron chi connectivity index (χ3n) is 3.45. The van der Waals surface area contributed by atoms with Crippen LogP contribution in [0, 0.1) is 0 Å². The van der Waals surface area contributed by atoms with Crippen molar-refractivity contribution < 1.29 is 24.1 Å². The number of hydrogen-bond donors (Lipinski definition) is 1. The minimum Gasteiger partial charge on any atom is -0.487 e. The molecule has 6 heteroatoms. The Morgan fingerprint density at radius 2 is 1.43 bits per heavy atom. The zero-order chi connectivity index (χ0) is 16.3. The van der Waals surface area contributed by atoms with E-state index in [4.69, 9.17) is 18.9 Å². The molecule has 0 fully saturated rings. The van der Waals surface area contributed by atoms with Crippen molar-refractivity contribution in [2.75, 3.05) is 59.3 Å². The average molecular weight is 325 g/mol. The number of para-hydroxylation sites is 2. The van der Waals surface area contributed by atoms with Gasteiger partial charge in [-0.2, -0.15) is 0 Å². The van der Waals surface area contributed by atoms with Crippen LogP contribution < -0.4 is 9.47 Å². The van der Waals surface area contributed by atoms with E-state index in [2.05, 4.69) is 4.90 Å². The van der Waals surface area contributed by atoms with Crippen molar-refractivity contribution in [3.63, 3.8) is 0 Å². The van der Waals surface area contributed by atoms with Gasteiger partial charge >= 0.3 is 0 Å². The fourth-order valence-corrected chi connectivity index (χ4v) is 2.37. The Hall–Kier alpha value is -1.34. The van der Waals surface area contributed by atoms with Gasteiger partial charge in [-0.3, -0.25) is 4.90 Å². The predicted octanol–water partition coefficient (Wildman–Crippen LogP) is 1.17. The van der Waals surface area contributed by atoms with Crippen molar-refractivity contribution in [1.29, 1.82) is 0 Å². The van der Waals surface area contributed by atoms with E-state index in [1.54, 1.807) is 6.92 Å². The zero-order valence-corrected chi connectivity index (χ0v) is 13.8. The van der Waals surface area contributed by atoms with Gasteiger partial charge in [0.2, 0.25) is 0 Å². The van der Waals surface area contributed by atoms with Crippen LogP contribution in [0.2, 0.25) is 0 Å². The second kappa shape index (κ2) is 10.4. The molecule has 1 N–H and O–H groups in total. The molecule has 0 spiro atoms. The monoisotopic (exact) mass is 325 g/mol. The van der Waals surface area contributed by atoms with E-state index in [0.717, 1.165) is 24.6 Å². The van der Waals surface area contributed by atoms with Crippen LogP contribution in [0.1, 0.15) is 6.92 Å². The first kappa shape index (κ1) is 18.0. The third-order valence-corrected chi connectivity index (χ3v) is 3.45. The Labute approximate surface area is 137 Å². The van der Waals surface area contributed by atoms with Crippen molar-refractivity contribution in [2.45, 2.75) is 13.0 Å². The molecule has 0 radical (unpaired) electrons. The summed E-state index contributed by atoms with van der Waals surface area (Å²) in [5.41, 5.74) is 0. The Morgan fingerprint density at radius 1 is 0.913 bits per heavy atom. The summed E-state index contributed by atoms with van der Waals surface area (Å²) >= 11 is 0. The molecule has 0 saturated carbocycles. The van der Waals surface area contributed by atoms with Gasteiger partial charge in [0.25, 0.3) is 0 Å². The van der Waals surface area contributed by atoms with Crippen LogP contribution in [0.4, 0.5) is 0 Å². The number of aliphatic hydroxyl groups excluding tert-OH is 1. The SMILES string of the molecule is C[C@H](O)CN1CCOCCOc2ccccc2OCCOCC1. The molecule has 1 aliphatic rings. The van der Waals surface area contributed by atoms with E-state index < -0.39 is 0 Å². The lowest BCUT2D eigenvalue weighted by Gasteiger charge is -2.23. The number of ether oxygens (including phenoxy) is 4. The lowest BCUT2D eigenvalue weighted by Crippen LogP contribution is -2.36. The quantitative estimate of drug-likeness (QED) is 0.881. The van der Waals surface area contributed by atoms with Crippen LogP contribution in [-0.4, -0.2) is 75.4 Å². The number of nitrogens with zero attached hydrogens (tertiary/aromatic N) is 1. The Kier molecular flexibility index (Phi) is 8.17. The van der Waals surface area contributed by atoms with E-state index in [0.29, 0.717) is 46.2 Å². The molecule has 0 aromatic heterocycles. The molecule has 0 aliphatic carbocycles. The summed E-state index contributed by atoms with van der Waals surface area (Å²) in [7, 11) is 0. The van der Waals surface area contributed by atoms with Crippen LogP contribution in [0.25, 0.3) is 0 Å². The van der Waals surface area contributed by atoms with E-state index >= 15 is 0 Å². The summed E-state index contributed by atoms with van der Waals surface area (Å²) in [5.74, 6) is 1.45. The van der Waals surface area contributed by atoms with Gasteiger partial charge in [-0.25, -0.2) is 0 Å². The van der Waals surface area contributed by atoms with Crippen LogP contribution >= 0.6 is 0 Å². The minimum atomic E-state index is -0.363. The summed E-state index contributed by atoms with van der Waals surface area (Å²) in [6.45, 7) is 7.15. The number of β-amino-alcohol motifs (C(OH)–C–C–N with tert-alkyl or cyclic N) is 1. The average Bonchev–Trinajstić information content (AvgIpc) is 2.54. The van der Waals surface area contributed by atoms with E-state index in [-0.39, 0.29) is 6.10 Å². The molecule has 1 aromatic rings. The zero-order valence-electron chi connectivity index (χ0n) is 13.8. The highest BCUT2D eigenvalue weighted by atomic mass is 16.6. The third kappa shape index (κ3) is 7.18. The molecule has 23 heavy (non-hydrogen) atoms. The van der Waals surface area contributed by atoms with E-state index in [9.17, 15) is 5.11 Å². The molecule has 0 saturated heterocycles. The molecule has 0 amide bonds. The summed E-state index contributed by atoms with van der Waals surface area (Å²) in [6.07, 6.45) is -0.363. The van der Waals surface area contributed by atoms with Gasteiger partial charge in [-0.15, -0.1) is 0 Å². The Morgan fingerprint density at radius 3 is 1.91 bits per heavy atom. The molecular formula is C17H27NO5. The molecular weight excluding hydrogens is 298 g/mol. The first-order chi connectivity index (χ1) is 11.3. The van der Waals surface area contributed by atoms with Gasteiger partial charge in [0, 0.05) is 19.6 Å². The summed E-state index contributed by atoms with van der Waals surface area (Å²) in [5, 5.41) is 9.55. The van der Waals surface area contributed by atoms with Gasteiger partial charge in [-0.1, -0.05) is 12.1 Å². The largest absolute Gasteiger partial charge is 0.487 e. The summed E-state index contributed by atoms with van der Waals surface area (Å²) in [4.78, 5) is 2.14. The van der Waals surface area contributed by atoms with Crippen LogP contribution in [0.15, 0.2) is 24.3 Å². The number of hydrogen-bond acceptors (Lipinski definition) is 6. The molecule has 1 aliphatic heterocycles. The highest BCUT2D eigenvalue weighted by molar-refractivity contribution is 5.39. The van der Waals surface area contributed by atoms with Crippen LogP contribution in [0.5, 0.6) is 11.5 Å². The first-order valence-electron chi connectivity index (χ1n) is 8.16. The predicted molar refractivity (Wildman–Crippen MR) is 87.2 cm³/mol. The fraction of sp³-hybridized carbons (Fsp3) is 0.647. The van der Waals surface area contributed by atoms with E-state index in [1.807, 2.05) is 24.3 Å². The van der Waals surface area contributed by atoms with Gasteiger partial charge < -0.3 is 24.1 Å². The molecule has 1 atom stereocenters. The van der Waals surface area contributed by atoms with Crippen molar-refractivity contribution in [2.24, 2.45) is 0 Å². The maximum atomic E-state index is 9.55. The minimum absolute atomic E-state index is 0.363. The molecule has 6 nitrogen and oxygen atoms in total. The molecule has 0 unspecified atom stereocenters. The normalized spacial score (nSPS) is 20.3. The molecule has 130 valence electrons. The summed E-state index contributed by atoms with van der Waals surface area (Å²) < 4.78 is 22.6. The summed E-state index contributed by atoms with van der Waals surface area (Å²) in [6, 6.07) is 7.61. The molecule has 1 aromatic carbocycles. The smallest absolute Gasteiger partial charge is 0.161 e.